The Morgan fingerprint density at radius 3 is 1.40 bits per heavy atom. The van der Waals surface area contributed by atoms with Gasteiger partial charge in [-0.2, -0.15) is 0 Å². The molecule has 236 valence electrons. The number of aromatic hydroxyl groups is 2. The molecule has 0 spiro atoms. The standard InChI is InChI=1S/C35H50N2O6/c1-35(2,31(38)13-11-25-19-27(33(40)29(21-25)42-3)23-36-15-7-5-8-16-36)32(39)14-12-26-20-28(34(41)30(22-26)43-4)24-37-17-9-6-10-18-37/h19-22,40-41H,5-18,23-24H2,1-4H3. The Labute approximate surface area is 257 Å². The summed E-state index contributed by atoms with van der Waals surface area (Å²) < 4.78 is 10.9. The molecule has 4 rings (SSSR count). The molecular formula is C35H50N2O6. The van der Waals surface area contributed by atoms with Crippen LogP contribution in [-0.4, -0.2) is 72.0 Å². The molecule has 0 aromatic heterocycles. The lowest BCUT2D eigenvalue weighted by Crippen LogP contribution is -2.34. The monoisotopic (exact) mass is 594 g/mol. The highest BCUT2D eigenvalue weighted by Gasteiger charge is 2.34. The van der Waals surface area contributed by atoms with Crippen LogP contribution in [0.2, 0.25) is 0 Å². The van der Waals surface area contributed by atoms with Crippen LogP contribution in [0.1, 0.15) is 87.5 Å². The quantitative estimate of drug-likeness (QED) is 0.264. The average Bonchev–Trinajstić information content (AvgIpc) is 3.02. The van der Waals surface area contributed by atoms with Crippen LogP contribution < -0.4 is 9.47 Å². The van der Waals surface area contributed by atoms with Gasteiger partial charge in [-0.05, 0) is 102 Å². The summed E-state index contributed by atoms with van der Waals surface area (Å²) in [4.78, 5) is 31.4. The van der Waals surface area contributed by atoms with Gasteiger partial charge in [-0.25, -0.2) is 0 Å². The smallest absolute Gasteiger partial charge is 0.162 e. The largest absolute Gasteiger partial charge is 0.504 e. The van der Waals surface area contributed by atoms with Crippen molar-refractivity contribution in [1.82, 2.24) is 9.80 Å². The van der Waals surface area contributed by atoms with Crippen molar-refractivity contribution in [3.05, 3.63) is 46.5 Å². The molecule has 2 aliphatic heterocycles. The maximum absolute atomic E-state index is 13.4. The SMILES string of the molecule is COc1cc(CCC(=O)C(C)(C)C(=O)CCc2cc(CN3CCCCC3)c(O)c(OC)c2)cc(CN2CCCCC2)c1O. The van der Waals surface area contributed by atoms with Crippen molar-refractivity contribution in [2.45, 2.75) is 91.1 Å². The number of rotatable bonds is 14. The zero-order valence-corrected chi connectivity index (χ0v) is 26.5. The highest BCUT2D eigenvalue weighted by atomic mass is 16.5. The van der Waals surface area contributed by atoms with Gasteiger partial charge in [0, 0.05) is 37.1 Å². The first-order valence-corrected chi connectivity index (χ1v) is 15.9. The zero-order valence-electron chi connectivity index (χ0n) is 26.5. The first kappa shape index (κ1) is 32.8. The van der Waals surface area contributed by atoms with Crippen molar-refractivity contribution in [3.8, 4) is 23.0 Å². The van der Waals surface area contributed by atoms with E-state index in [9.17, 15) is 19.8 Å². The number of phenols is 2. The van der Waals surface area contributed by atoms with E-state index in [1.54, 1.807) is 26.0 Å². The number of carbonyl (C=O) groups excluding carboxylic acids is 2. The van der Waals surface area contributed by atoms with Gasteiger partial charge in [-0.15, -0.1) is 0 Å². The van der Waals surface area contributed by atoms with Gasteiger partial charge in [-0.3, -0.25) is 19.4 Å². The van der Waals surface area contributed by atoms with E-state index >= 15 is 0 Å². The van der Waals surface area contributed by atoms with Gasteiger partial charge in [-0.1, -0.05) is 25.0 Å². The molecule has 43 heavy (non-hydrogen) atoms. The van der Waals surface area contributed by atoms with Gasteiger partial charge >= 0.3 is 0 Å². The Hall–Kier alpha value is -3.10. The Balaban J connectivity index is 1.37. The molecule has 2 saturated heterocycles. The van der Waals surface area contributed by atoms with Crippen molar-refractivity contribution in [2.75, 3.05) is 40.4 Å². The number of likely N-dealkylation sites (tertiary alicyclic amines) is 2. The van der Waals surface area contributed by atoms with E-state index < -0.39 is 5.41 Å². The molecule has 2 aromatic rings. The van der Waals surface area contributed by atoms with Gasteiger partial charge in [0.05, 0.1) is 19.6 Å². The van der Waals surface area contributed by atoms with E-state index in [4.69, 9.17) is 9.47 Å². The minimum absolute atomic E-state index is 0.101. The van der Waals surface area contributed by atoms with Crippen molar-refractivity contribution in [2.24, 2.45) is 5.41 Å². The summed E-state index contributed by atoms with van der Waals surface area (Å²) >= 11 is 0. The van der Waals surface area contributed by atoms with Crippen LogP contribution in [0.25, 0.3) is 0 Å². The van der Waals surface area contributed by atoms with Gasteiger partial charge in [0.2, 0.25) is 0 Å². The number of piperidine rings is 2. The molecule has 8 heteroatoms. The number of benzene rings is 2. The number of hydrogen-bond acceptors (Lipinski definition) is 8. The number of hydrogen-bond donors (Lipinski definition) is 2. The highest BCUT2D eigenvalue weighted by molar-refractivity contribution is 6.06. The first-order chi connectivity index (χ1) is 20.6. The van der Waals surface area contributed by atoms with Gasteiger partial charge in [0.15, 0.2) is 23.0 Å². The lowest BCUT2D eigenvalue weighted by molar-refractivity contribution is -0.138. The first-order valence-electron chi connectivity index (χ1n) is 15.9. The van der Waals surface area contributed by atoms with E-state index in [0.717, 1.165) is 74.1 Å². The fourth-order valence-electron chi connectivity index (χ4n) is 6.31. The van der Waals surface area contributed by atoms with Crippen LogP contribution in [-0.2, 0) is 35.5 Å². The Morgan fingerprint density at radius 1 is 0.674 bits per heavy atom. The normalized spacial score (nSPS) is 16.7. The van der Waals surface area contributed by atoms with E-state index in [1.807, 2.05) is 12.1 Å². The van der Waals surface area contributed by atoms with Crippen LogP contribution in [0.5, 0.6) is 23.0 Å². The van der Waals surface area contributed by atoms with Crippen LogP contribution in [0.15, 0.2) is 24.3 Å². The van der Waals surface area contributed by atoms with Crippen molar-refractivity contribution in [3.63, 3.8) is 0 Å². The zero-order chi connectivity index (χ0) is 31.0. The van der Waals surface area contributed by atoms with Gasteiger partial charge < -0.3 is 19.7 Å². The summed E-state index contributed by atoms with van der Waals surface area (Å²) in [5.41, 5.74) is 2.33. The third-order valence-corrected chi connectivity index (χ3v) is 9.23. The summed E-state index contributed by atoms with van der Waals surface area (Å²) in [6.07, 6.45) is 8.51. The van der Waals surface area contributed by atoms with Crippen molar-refractivity contribution >= 4 is 11.6 Å². The predicted molar refractivity (Wildman–Crippen MR) is 168 cm³/mol. The number of phenolic OH excluding ortho intramolecular Hbond substituents is 2. The third-order valence-electron chi connectivity index (χ3n) is 9.23. The molecule has 0 bridgehead atoms. The molecule has 2 aromatic carbocycles. The predicted octanol–water partition coefficient (Wildman–Crippen LogP) is 5.82. The minimum Gasteiger partial charge on any atom is -0.504 e. The summed E-state index contributed by atoms with van der Waals surface area (Å²) in [7, 11) is 3.08. The summed E-state index contributed by atoms with van der Waals surface area (Å²) in [6, 6.07) is 7.51. The number of aryl methyl sites for hydroxylation is 2. The summed E-state index contributed by atoms with van der Waals surface area (Å²) in [5, 5.41) is 21.5. The van der Waals surface area contributed by atoms with Crippen LogP contribution >= 0.6 is 0 Å². The third kappa shape index (κ3) is 8.51. The Morgan fingerprint density at radius 2 is 1.05 bits per heavy atom. The molecule has 0 atom stereocenters. The molecule has 0 aliphatic carbocycles. The Bertz CT molecular complexity index is 1170. The lowest BCUT2D eigenvalue weighted by atomic mass is 9.79. The van der Waals surface area contributed by atoms with E-state index in [2.05, 4.69) is 9.80 Å². The number of carbonyl (C=O) groups is 2. The molecular weight excluding hydrogens is 544 g/mol. The summed E-state index contributed by atoms with van der Waals surface area (Å²) in [5.74, 6) is 0.937. The number of Topliss-reactive ketones (excluding diaryl/α,β-unsaturated/α-hetero) is 2. The van der Waals surface area contributed by atoms with Crippen molar-refractivity contribution < 1.29 is 29.3 Å². The second-order valence-corrected chi connectivity index (χ2v) is 12.8. The minimum atomic E-state index is -1.12. The molecule has 0 unspecified atom stereocenters. The topological polar surface area (TPSA) is 99.5 Å². The molecule has 0 radical (unpaired) electrons. The Kier molecular flexibility index (Phi) is 11.5. The average molecular weight is 595 g/mol. The number of nitrogens with zero attached hydrogens (tertiary/aromatic N) is 2. The second-order valence-electron chi connectivity index (χ2n) is 12.8. The molecule has 2 fully saturated rings. The molecule has 0 amide bonds. The molecule has 0 saturated carbocycles. The van der Waals surface area contributed by atoms with E-state index in [0.29, 0.717) is 37.4 Å². The maximum atomic E-state index is 13.4. The lowest BCUT2D eigenvalue weighted by Gasteiger charge is -2.27. The van der Waals surface area contributed by atoms with Crippen LogP contribution in [0, 0.1) is 5.41 Å². The molecule has 2 heterocycles. The molecule has 2 N–H and O–H groups in total. The number of ether oxygens (including phenoxy) is 2. The van der Waals surface area contributed by atoms with Gasteiger partial charge in [0.25, 0.3) is 0 Å². The van der Waals surface area contributed by atoms with Gasteiger partial charge in [0.1, 0.15) is 11.6 Å². The van der Waals surface area contributed by atoms with E-state index in [1.165, 1.54) is 27.1 Å². The van der Waals surface area contributed by atoms with E-state index in [-0.39, 0.29) is 35.9 Å². The maximum Gasteiger partial charge on any atom is 0.162 e. The van der Waals surface area contributed by atoms with Crippen LogP contribution in [0.4, 0.5) is 0 Å². The van der Waals surface area contributed by atoms with Crippen LogP contribution in [0.3, 0.4) is 0 Å². The fraction of sp³-hybridized carbons (Fsp3) is 0.600. The number of ketones is 2. The highest BCUT2D eigenvalue weighted by Crippen LogP contribution is 2.35. The van der Waals surface area contributed by atoms with Crippen molar-refractivity contribution in [1.29, 1.82) is 0 Å². The number of methoxy groups -OCH3 is 2. The summed E-state index contributed by atoms with van der Waals surface area (Å²) in [6.45, 7) is 8.78. The molecule has 8 nitrogen and oxygen atoms in total. The second kappa shape index (κ2) is 15.1. The molecule has 2 aliphatic rings. The fourth-order valence-corrected chi connectivity index (χ4v) is 6.31.